The van der Waals surface area contributed by atoms with Gasteiger partial charge in [-0.05, 0) is 25.5 Å². The molecular weight excluding hydrogens is 268 g/mol. The number of rotatable bonds is 4. The first-order valence-corrected chi connectivity index (χ1v) is 6.45. The first kappa shape index (κ1) is 14.9. The molecule has 5 heteroatoms. The molecule has 0 heterocycles. The van der Waals surface area contributed by atoms with Gasteiger partial charge >= 0.3 is 0 Å². The molecule has 1 aromatic rings. The van der Waals surface area contributed by atoms with Gasteiger partial charge < -0.3 is 10.6 Å². The molecule has 0 bridgehead atoms. The van der Waals surface area contributed by atoms with Crippen LogP contribution in [0.3, 0.4) is 0 Å². The van der Waals surface area contributed by atoms with Crippen LogP contribution < -0.4 is 5.73 Å². The van der Waals surface area contributed by atoms with Crippen LogP contribution in [0.4, 0.5) is 0 Å². The van der Waals surface area contributed by atoms with Crippen LogP contribution in [-0.2, 0) is 4.79 Å². The van der Waals surface area contributed by atoms with Crippen molar-refractivity contribution in [2.75, 3.05) is 7.05 Å². The highest BCUT2D eigenvalue weighted by molar-refractivity contribution is 7.80. The highest BCUT2D eigenvalue weighted by Crippen LogP contribution is 2.27. The fourth-order valence-corrected chi connectivity index (χ4v) is 2.03. The third-order valence-electron chi connectivity index (χ3n) is 3.08. The Morgan fingerprint density at radius 2 is 1.94 bits per heavy atom. The van der Waals surface area contributed by atoms with E-state index in [9.17, 15) is 4.79 Å². The second-order valence-corrected chi connectivity index (χ2v) is 5.15. The topological polar surface area (TPSA) is 46.3 Å². The van der Waals surface area contributed by atoms with E-state index in [1.807, 2.05) is 31.2 Å². The van der Waals surface area contributed by atoms with Crippen molar-refractivity contribution in [3.63, 3.8) is 0 Å². The van der Waals surface area contributed by atoms with Crippen molar-refractivity contribution in [1.29, 1.82) is 0 Å². The van der Waals surface area contributed by atoms with Crippen LogP contribution >= 0.6 is 23.8 Å². The zero-order valence-electron chi connectivity index (χ0n) is 10.7. The fraction of sp³-hybridized carbons (Fsp3) is 0.385. The standard InChI is InChI=1S/C13H17ClN2OS/c1-8(12(15)18)13(17)16(3)9(2)10-6-4-5-7-11(10)14/h4-9H,1-3H3,(H2,15,18). The molecule has 0 fully saturated rings. The summed E-state index contributed by atoms with van der Waals surface area (Å²) in [7, 11) is 1.73. The van der Waals surface area contributed by atoms with Crippen LogP contribution in [0.15, 0.2) is 24.3 Å². The second-order valence-electron chi connectivity index (χ2n) is 4.27. The monoisotopic (exact) mass is 284 g/mol. The van der Waals surface area contributed by atoms with E-state index in [4.69, 9.17) is 29.6 Å². The van der Waals surface area contributed by atoms with Gasteiger partial charge in [0, 0.05) is 12.1 Å². The summed E-state index contributed by atoms with van der Waals surface area (Å²) in [4.78, 5) is 13.9. The molecule has 1 rings (SSSR count). The lowest BCUT2D eigenvalue weighted by atomic mass is 10.0. The fourth-order valence-electron chi connectivity index (χ4n) is 1.64. The Kier molecular flexibility index (Phi) is 5.11. The highest BCUT2D eigenvalue weighted by atomic mass is 35.5. The van der Waals surface area contributed by atoms with Crippen LogP contribution in [0.1, 0.15) is 25.5 Å². The van der Waals surface area contributed by atoms with Crippen LogP contribution in [-0.4, -0.2) is 22.8 Å². The molecular formula is C13H17ClN2OS. The van der Waals surface area contributed by atoms with Gasteiger partial charge in [-0.3, -0.25) is 4.79 Å². The molecule has 98 valence electrons. The van der Waals surface area contributed by atoms with Gasteiger partial charge in [-0.1, -0.05) is 42.0 Å². The van der Waals surface area contributed by atoms with Crippen molar-refractivity contribution in [2.24, 2.45) is 11.7 Å². The van der Waals surface area contributed by atoms with E-state index in [0.29, 0.717) is 5.02 Å². The number of carbonyl (C=O) groups is 1. The molecule has 0 aliphatic carbocycles. The number of benzene rings is 1. The Morgan fingerprint density at radius 1 is 1.39 bits per heavy atom. The highest BCUT2D eigenvalue weighted by Gasteiger charge is 2.24. The predicted octanol–water partition coefficient (Wildman–Crippen LogP) is 2.78. The molecule has 3 nitrogen and oxygen atoms in total. The molecule has 0 aliphatic rings. The lowest BCUT2D eigenvalue weighted by molar-refractivity contribution is -0.133. The maximum absolute atomic E-state index is 12.1. The number of amides is 1. The number of carbonyl (C=O) groups excluding carboxylic acids is 1. The van der Waals surface area contributed by atoms with Crippen molar-refractivity contribution < 1.29 is 4.79 Å². The maximum Gasteiger partial charge on any atom is 0.232 e. The lowest BCUT2D eigenvalue weighted by Gasteiger charge is -2.28. The van der Waals surface area contributed by atoms with Gasteiger partial charge in [0.05, 0.1) is 16.9 Å². The minimum absolute atomic E-state index is 0.102. The van der Waals surface area contributed by atoms with Gasteiger partial charge in [0.2, 0.25) is 5.91 Å². The third-order valence-corrected chi connectivity index (χ3v) is 3.78. The van der Waals surface area contributed by atoms with E-state index in [1.54, 1.807) is 18.9 Å². The lowest BCUT2D eigenvalue weighted by Crippen LogP contribution is -2.38. The average molecular weight is 285 g/mol. The van der Waals surface area contributed by atoms with Gasteiger partial charge in [0.15, 0.2) is 0 Å². The SMILES string of the molecule is CC(C(=O)N(C)C(C)c1ccccc1Cl)C(N)=S. The summed E-state index contributed by atoms with van der Waals surface area (Å²) in [6.45, 7) is 3.63. The summed E-state index contributed by atoms with van der Waals surface area (Å²) in [5.74, 6) is -0.565. The first-order valence-electron chi connectivity index (χ1n) is 5.66. The Hall–Kier alpha value is -1.13. The third kappa shape index (κ3) is 3.21. The van der Waals surface area contributed by atoms with Crippen molar-refractivity contribution in [3.05, 3.63) is 34.9 Å². The van der Waals surface area contributed by atoms with Crippen molar-refractivity contribution in [1.82, 2.24) is 4.90 Å². The van der Waals surface area contributed by atoms with Crippen LogP contribution in [0.25, 0.3) is 0 Å². The molecule has 0 spiro atoms. The molecule has 0 radical (unpaired) electrons. The van der Waals surface area contributed by atoms with E-state index >= 15 is 0 Å². The summed E-state index contributed by atoms with van der Waals surface area (Å²) >= 11 is 11.0. The molecule has 2 N–H and O–H groups in total. The van der Waals surface area contributed by atoms with E-state index in [1.165, 1.54) is 0 Å². The summed E-state index contributed by atoms with van der Waals surface area (Å²) in [6.07, 6.45) is 0. The zero-order valence-corrected chi connectivity index (χ0v) is 12.3. The molecule has 1 aromatic carbocycles. The van der Waals surface area contributed by atoms with Gasteiger partial charge in [0.25, 0.3) is 0 Å². The van der Waals surface area contributed by atoms with E-state index in [0.717, 1.165) is 5.56 Å². The summed E-state index contributed by atoms with van der Waals surface area (Å²) in [5.41, 5.74) is 6.41. The number of nitrogens with two attached hydrogens (primary N) is 1. The average Bonchev–Trinajstić information content (AvgIpc) is 2.35. The number of thiocarbonyl (C=S) groups is 1. The minimum Gasteiger partial charge on any atom is -0.393 e. The molecule has 0 aromatic heterocycles. The Labute approximate surface area is 118 Å². The number of nitrogens with zero attached hydrogens (tertiary/aromatic N) is 1. The Balaban J connectivity index is 2.91. The first-order chi connectivity index (χ1) is 8.36. The smallest absolute Gasteiger partial charge is 0.232 e. The number of hydrogen-bond donors (Lipinski definition) is 1. The molecule has 18 heavy (non-hydrogen) atoms. The number of hydrogen-bond acceptors (Lipinski definition) is 2. The van der Waals surface area contributed by atoms with Crippen LogP contribution in [0.2, 0.25) is 5.02 Å². The molecule has 0 aliphatic heterocycles. The number of halogens is 1. The van der Waals surface area contributed by atoms with Gasteiger partial charge in [-0.25, -0.2) is 0 Å². The molecule has 2 atom stereocenters. The normalized spacial score (nSPS) is 13.8. The molecule has 0 saturated carbocycles. The van der Waals surface area contributed by atoms with E-state index < -0.39 is 5.92 Å². The zero-order chi connectivity index (χ0) is 13.9. The largest absolute Gasteiger partial charge is 0.393 e. The Morgan fingerprint density at radius 3 is 2.44 bits per heavy atom. The van der Waals surface area contributed by atoms with Crippen molar-refractivity contribution in [3.8, 4) is 0 Å². The van der Waals surface area contributed by atoms with Crippen LogP contribution in [0, 0.1) is 5.92 Å². The van der Waals surface area contributed by atoms with E-state index in [-0.39, 0.29) is 16.9 Å². The minimum atomic E-state index is -0.463. The summed E-state index contributed by atoms with van der Waals surface area (Å²) in [5, 5.41) is 0.646. The summed E-state index contributed by atoms with van der Waals surface area (Å²) in [6, 6.07) is 7.35. The maximum atomic E-state index is 12.1. The van der Waals surface area contributed by atoms with E-state index in [2.05, 4.69) is 0 Å². The van der Waals surface area contributed by atoms with Crippen molar-refractivity contribution >= 4 is 34.7 Å². The van der Waals surface area contributed by atoms with Gasteiger partial charge in [-0.15, -0.1) is 0 Å². The summed E-state index contributed by atoms with van der Waals surface area (Å²) < 4.78 is 0. The Bertz CT molecular complexity index is 464. The van der Waals surface area contributed by atoms with Crippen molar-refractivity contribution in [2.45, 2.75) is 19.9 Å². The van der Waals surface area contributed by atoms with Gasteiger partial charge in [0.1, 0.15) is 0 Å². The predicted molar refractivity (Wildman–Crippen MR) is 78.6 cm³/mol. The van der Waals surface area contributed by atoms with Gasteiger partial charge in [-0.2, -0.15) is 0 Å². The molecule has 0 saturated heterocycles. The quantitative estimate of drug-likeness (QED) is 0.865. The second kappa shape index (κ2) is 6.16. The molecule has 1 amide bonds. The van der Waals surface area contributed by atoms with Crippen LogP contribution in [0.5, 0.6) is 0 Å². The molecule has 2 unspecified atom stereocenters.